The fourth-order valence-electron chi connectivity index (χ4n) is 1.92. The van der Waals surface area contributed by atoms with E-state index < -0.39 is 0 Å². The molecule has 0 aliphatic rings. The van der Waals surface area contributed by atoms with E-state index in [4.69, 9.17) is 10.5 Å². The quantitative estimate of drug-likeness (QED) is 0.606. The second-order valence-electron chi connectivity index (χ2n) is 3.95. The van der Waals surface area contributed by atoms with E-state index in [1.807, 2.05) is 18.2 Å². The first-order valence-electron chi connectivity index (χ1n) is 5.58. The largest absolute Gasteiger partial charge is 0.240 e. The lowest BCUT2D eigenvalue weighted by atomic mass is 10.2. The van der Waals surface area contributed by atoms with Crippen LogP contribution in [0.4, 0.5) is 0 Å². The zero-order chi connectivity index (χ0) is 14.1. The molecule has 0 saturated carbocycles. The summed E-state index contributed by atoms with van der Waals surface area (Å²) in [6, 6.07) is 10.7. The van der Waals surface area contributed by atoms with Crippen LogP contribution in [-0.2, 0) is 0 Å². The Balaban J connectivity index is 2.62. The second kappa shape index (κ2) is 4.28. The highest BCUT2D eigenvalue weighted by molar-refractivity contribution is 5.92. The lowest BCUT2D eigenvalue weighted by Gasteiger charge is -1.96. The molecule has 2 aromatic heterocycles. The minimum Gasteiger partial charge on any atom is -0.240 e. The van der Waals surface area contributed by atoms with Gasteiger partial charge in [-0.2, -0.15) is 15.8 Å². The van der Waals surface area contributed by atoms with E-state index in [2.05, 4.69) is 15.0 Å². The summed E-state index contributed by atoms with van der Waals surface area (Å²) in [6.45, 7) is 0. The average Bonchev–Trinajstić information content (AvgIpc) is 2.79. The molecule has 0 radical (unpaired) electrons. The van der Waals surface area contributed by atoms with Gasteiger partial charge in [-0.3, -0.25) is 0 Å². The Hall–Kier alpha value is -3.56. The van der Waals surface area contributed by atoms with Crippen molar-refractivity contribution in [3.8, 4) is 18.2 Å². The first kappa shape index (κ1) is 11.5. The number of hydrogen-bond acceptors (Lipinski definition) is 6. The van der Waals surface area contributed by atoms with Crippen LogP contribution in [0.2, 0.25) is 0 Å². The highest BCUT2D eigenvalue weighted by Crippen LogP contribution is 2.22. The van der Waals surface area contributed by atoms with Gasteiger partial charge in [0.25, 0.3) is 0 Å². The molecule has 6 nitrogen and oxygen atoms in total. The van der Waals surface area contributed by atoms with Crippen LogP contribution in [0.25, 0.3) is 22.2 Å². The van der Waals surface area contributed by atoms with Gasteiger partial charge in [0.2, 0.25) is 0 Å². The van der Waals surface area contributed by atoms with Crippen molar-refractivity contribution in [3.05, 3.63) is 41.1 Å². The van der Waals surface area contributed by atoms with Gasteiger partial charge in [0, 0.05) is 6.20 Å². The lowest BCUT2D eigenvalue weighted by molar-refractivity contribution is 1.33. The van der Waals surface area contributed by atoms with E-state index in [1.54, 1.807) is 18.2 Å². The van der Waals surface area contributed by atoms with Gasteiger partial charge in [0.1, 0.15) is 34.8 Å². The van der Waals surface area contributed by atoms with Gasteiger partial charge in [0.05, 0.1) is 16.7 Å². The van der Waals surface area contributed by atoms with Gasteiger partial charge in [-0.1, -0.05) is 6.07 Å². The molecule has 3 aromatic rings. The molecule has 6 heteroatoms. The van der Waals surface area contributed by atoms with Crippen LogP contribution in [0.5, 0.6) is 0 Å². The molecule has 0 unspecified atom stereocenters. The van der Waals surface area contributed by atoms with Gasteiger partial charge in [-0.25, -0.2) is 15.0 Å². The summed E-state index contributed by atoms with van der Waals surface area (Å²) in [6.07, 6.45) is 1.38. The molecule has 20 heavy (non-hydrogen) atoms. The molecule has 3 rings (SSSR count). The molecule has 0 N–H and O–H groups in total. The van der Waals surface area contributed by atoms with E-state index in [0.717, 1.165) is 0 Å². The molecule has 0 spiro atoms. The summed E-state index contributed by atoms with van der Waals surface area (Å²) in [4.78, 5) is 12.6. The Kier molecular flexibility index (Phi) is 2.46. The zero-order valence-electron chi connectivity index (χ0n) is 9.99. The van der Waals surface area contributed by atoms with Crippen molar-refractivity contribution in [3.63, 3.8) is 0 Å². The van der Waals surface area contributed by atoms with Crippen LogP contribution in [0.3, 0.4) is 0 Å². The molecule has 0 aliphatic carbocycles. The topological polar surface area (TPSA) is 110 Å². The maximum atomic E-state index is 9.18. The van der Waals surface area contributed by atoms with Crippen molar-refractivity contribution in [1.82, 2.24) is 15.0 Å². The summed E-state index contributed by atoms with van der Waals surface area (Å²) in [5, 5.41) is 27.3. The molecule has 0 fully saturated rings. The van der Waals surface area contributed by atoms with Crippen LogP contribution >= 0.6 is 0 Å². The Morgan fingerprint density at radius 3 is 1.95 bits per heavy atom. The number of fused-ring (bicyclic) bond motifs is 2. The summed E-state index contributed by atoms with van der Waals surface area (Å²) >= 11 is 0. The van der Waals surface area contributed by atoms with Gasteiger partial charge < -0.3 is 0 Å². The normalized spacial score (nSPS) is 9.85. The summed E-state index contributed by atoms with van der Waals surface area (Å²) in [5.41, 5.74) is 2.13. The van der Waals surface area contributed by atoms with E-state index in [9.17, 15) is 5.26 Å². The van der Waals surface area contributed by atoms with Crippen LogP contribution in [0.1, 0.15) is 16.7 Å². The second-order valence-corrected chi connectivity index (χ2v) is 3.95. The minimum absolute atomic E-state index is 0.292. The molecule has 90 valence electrons. The summed E-state index contributed by atoms with van der Waals surface area (Å²) < 4.78 is 0. The summed E-state index contributed by atoms with van der Waals surface area (Å²) in [7, 11) is 0. The van der Waals surface area contributed by atoms with E-state index in [1.165, 1.54) is 6.20 Å². The van der Waals surface area contributed by atoms with Crippen molar-refractivity contribution < 1.29 is 0 Å². The number of aromatic nitrogens is 3. The minimum atomic E-state index is 0.292. The highest BCUT2D eigenvalue weighted by atomic mass is 14.9. The smallest absolute Gasteiger partial charge is 0.180 e. The number of hydrogen-bond donors (Lipinski definition) is 0. The predicted octanol–water partition coefficient (Wildman–Crippen LogP) is 1.79. The van der Waals surface area contributed by atoms with Crippen molar-refractivity contribution in [1.29, 1.82) is 15.8 Å². The zero-order valence-corrected chi connectivity index (χ0v) is 9.99. The van der Waals surface area contributed by atoms with E-state index >= 15 is 0 Å². The third kappa shape index (κ3) is 1.52. The Morgan fingerprint density at radius 1 is 0.750 bits per heavy atom. The third-order valence-electron chi connectivity index (χ3n) is 2.85. The van der Waals surface area contributed by atoms with Crippen LogP contribution in [0, 0.1) is 34.0 Å². The maximum absolute atomic E-state index is 9.18. The first-order valence-corrected chi connectivity index (χ1v) is 5.58. The van der Waals surface area contributed by atoms with Crippen molar-refractivity contribution in [2.75, 3.05) is 0 Å². The van der Waals surface area contributed by atoms with Crippen molar-refractivity contribution in [2.24, 2.45) is 0 Å². The SMILES string of the molecule is N#Cc1cnc2nc3c(C#N)cccc(C#N)c3nc12. The van der Waals surface area contributed by atoms with Gasteiger partial charge >= 0.3 is 0 Å². The predicted molar refractivity (Wildman–Crippen MR) is 69.0 cm³/mol. The highest BCUT2D eigenvalue weighted by Gasteiger charge is 2.13. The molecular formula is C14H4N6. The van der Waals surface area contributed by atoms with Crippen LogP contribution in [0.15, 0.2) is 24.4 Å². The van der Waals surface area contributed by atoms with Crippen molar-refractivity contribution in [2.45, 2.75) is 0 Å². The van der Waals surface area contributed by atoms with Gasteiger partial charge in [-0.05, 0) is 12.1 Å². The Labute approximate surface area is 113 Å². The third-order valence-corrected chi connectivity index (χ3v) is 2.85. The number of nitrogens with zero attached hydrogens (tertiary/aromatic N) is 6. The molecule has 0 aliphatic heterocycles. The standard InChI is InChI=1S/C14H4N6/c15-4-8-2-1-3-9(5-16)12-11(8)19-13-10(6-17)7-18-14(13)20-12/h1-3,7H. The Bertz CT molecular complexity index is 985. The van der Waals surface area contributed by atoms with Gasteiger partial charge in [0.15, 0.2) is 5.65 Å². The monoisotopic (exact) mass is 256 g/mol. The Morgan fingerprint density at radius 2 is 1.35 bits per heavy atom. The molecule has 2 heterocycles. The van der Waals surface area contributed by atoms with Gasteiger partial charge in [-0.15, -0.1) is 0 Å². The molecular weight excluding hydrogens is 252 g/mol. The van der Waals surface area contributed by atoms with E-state index in [-0.39, 0.29) is 0 Å². The van der Waals surface area contributed by atoms with E-state index in [0.29, 0.717) is 38.9 Å². The number of rotatable bonds is 0. The van der Waals surface area contributed by atoms with Crippen molar-refractivity contribution >= 4 is 22.2 Å². The lowest BCUT2D eigenvalue weighted by Crippen LogP contribution is -1.89. The van der Waals surface area contributed by atoms with Crippen LogP contribution < -0.4 is 0 Å². The molecule has 1 aromatic carbocycles. The fourth-order valence-corrected chi connectivity index (χ4v) is 1.92. The molecule has 0 saturated heterocycles. The first-order chi connectivity index (χ1) is 9.78. The molecule has 0 bridgehead atoms. The molecule has 0 amide bonds. The fraction of sp³-hybridized carbons (Fsp3) is 0. The molecule has 0 atom stereocenters. The summed E-state index contributed by atoms with van der Waals surface area (Å²) in [5.74, 6) is 0. The van der Waals surface area contributed by atoms with Crippen LogP contribution in [-0.4, -0.2) is 15.0 Å². The number of nitriles is 3. The maximum Gasteiger partial charge on any atom is 0.180 e. The average molecular weight is 256 g/mol.